The number of morpholine rings is 1. The Labute approximate surface area is 86.2 Å². The molecule has 0 amide bonds. The molecule has 4 nitrogen and oxygen atoms in total. The van der Waals surface area contributed by atoms with Crippen LogP contribution in [0.2, 0.25) is 0 Å². The maximum absolute atomic E-state index is 8.59. The summed E-state index contributed by atoms with van der Waals surface area (Å²) < 4.78 is 5.60. The van der Waals surface area contributed by atoms with Crippen LogP contribution in [0.1, 0.15) is 12.8 Å². The molecule has 0 aliphatic carbocycles. The Hall–Kier alpha value is -0.160. The molecule has 1 rings (SSSR count). The molecule has 0 aromatic heterocycles. The fraction of sp³-hybridized carbons (Fsp3) is 1.00. The molecule has 1 atom stereocenters. The van der Waals surface area contributed by atoms with Gasteiger partial charge in [0.15, 0.2) is 0 Å². The maximum atomic E-state index is 8.59. The van der Waals surface area contributed by atoms with Crippen molar-refractivity contribution in [1.29, 1.82) is 0 Å². The Morgan fingerprint density at radius 3 is 3.07 bits per heavy atom. The molecule has 84 valence electrons. The van der Waals surface area contributed by atoms with Gasteiger partial charge in [0.25, 0.3) is 0 Å². The lowest BCUT2D eigenvalue weighted by molar-refractivity contribution is -0.0180. The molecular formula is C10H22N2O2. The Bertz CT molecular complexity index is 144. The first-order chi connectivity index (χ1) is 6.83. The number of likely N-dealkylation sites (N-methyl/N-ethyl adjacent to an activating group) is 1. The molecule has 0 unspecified atom stereocenters. The van der Waals surface area contributed by atoms with Gasteiger partial charge in [-0.2, -0.15) is 0 Å². The van der Waals surface area contributed by atoms with Crippen LogP contribution in [0.4, 0.5) is 0 Å². The van der Waals surface area contributed by atoms with Crippen LogP contribution >= 0.6 is 0 Å². The van der Waals surface area contributed by atoms with Crippen LogP contribution in [0.25, 0.3) is 0 Å². The summed E-state index contributed by atoms with van der Waals surface area (Å²) in [4.78, 5) is 2.30. The van der Waals surface area contributed by atoms with Crippen molar-refractivity contribution in [3.05, 3.63) is 0 Å². The summed E-state index contributed by atoms with van der Waals surface area (Å²) in [6, 6.07) is 0. The molecule has 0 spiro atoms. The number of rotatable bonds is 6. The van der Waals surface area contributed by atoms with Gasteiger partial charge in [0, 0.05) is 26.2 Å². The lowest BCUT2D eigenvalue weighted by Crippen LogP contribution is -2.44. The minimum atomic E-state index is 0.296. The van der Waals surface area contributed by atoms with E-state index in [1.54, 1.807) is 0 Å². The number of hydrogen-bond acceptors (Lipinski definition) is 4. The van der Waals surface area contributed by atoms with Gasteiger partial charge in [0.1, 0.15) is 0 Å². The van der Waals surface area contributed by atoms with E-state index in [9.17, 15) is 0 Å². The van der Waals surface area contributed by atoms with Crippen molar-refractivity contribution in [3.63, 3.8) is 0 Å². The summed E-state index contributed by atoms with van der Waals surface area (Å²) in [6.07, 6.45) is 2.26. The van der Waals surface area contributed by atoms with Gasteiger partial charge >= 0.3 is 0 Å². The van der Waals surface area contributed by atoms with E-state index in [-0.39, 0.29) is 0 Å². The zero-order valence-corrected chi connectivity index (χ0v) is 9.04. The molecule has 1 aliphatic heterocycles. The van der Waals surface area contributed by atoms with E-state index in [1.807, 2.05) is 0 Å². The number of ether oxygens (including phenoxy) is 1. The summed E-state index contributed by atoms with van der Waals surface area (Å²) in [6.45, 7) is 5.11. The standard InChI is InChI=1S/C10H22N2O2/c1-12-5-7-14-10(9-12)8-11-4-2-3-6-13/h10-11,13H,2-9H2,1H3/t10-/m0/s1. The van der Waals surface area contributed by atoms with Crippen molar-refractivity contribution in [3.8, 4) is 0 Å². The zero-order chi connectivity index (χ0) is 10.2. The van der Waals surface area contributed by atoms with Gasteiger partial charge in [-0.15, -0.1) is 0 Å². The zero-order valence-electron chi connectivity index (χ0n) is 9.04. The fourth-order valence-corrected chi connectivity index (χ4v) is 1.62. The first-order valence-corrected chi connectivity index (χ1v) is 5.44. The van der Waals surface area contributed by atoms with Crippen molar-refractivity contribution < 1.29 is 9.84 Å². The van der Waals surface area contributed by atoms with Gasteiger partial charge in [-0.1, -0.05) is 0 Å². The largest absolute Gasteiger partial charge is 0.396 e. The highest BCUT2D eigenvalue weighted by atomic mass is 16.5. The van der Waals surface area contributed by atoms with E-state index in [0.29, 0.717) is 12.7 Å². The van der Waals surface area contributed by atoms with Crippen LogP contribution in [0.3, 0.4) is 0 Å². The summed E-state index contributed by atoms with van der Waals surface area (Å²) >= 11 is 0. The number of aliphatic hydroxyl groups is 1. The molecule has 0 aromatic rings. The lowest BCUT2D eigenvalue weighted by Gasteiger charge is -2.30. The summed E-state index contributed by atoms with van der Waals surface area (Å²) in [5.74, 6) is 0. The van der Waals surface area contributed by atoms with Gasteiger partial charge in [-0.25, -0.2) is 0 Å². The van der Waals surface area contributed by atoms with E-state index >= 15 is 0 Å². The third kappa shape index (κ3) is 4.91. The summed E-state index contributed by atoms with van der Waals surface area (Å²) in [5.41, 5.74) is 0. The van der Waals surface area contributed by atoms with Crippen molar-refractivity contribution in [2.75, 3.05) is 46.4 Å². The molecule has 0 saturated carbocycles. The molecule has 1 aliphatic rings. The van der Waals surface area contributed by atoms with E-state index in [1.165, 1.54) is 0 Å². The Kier molecular flexibility index (Phi) is 6.10. The normalized spacial score (nSPS) is 24.0. The molecule has 1 fully saturated rings. The van der Waals surface area contributed by atoms with Crippen LogP contribution in [0.5, 0.6) is 0 Å². The van der Waals surface area contributed by atoms with Crippen molar-refractivity contribution in [2.45, 2.75) is 18.9 Å². The Morgan fingerprint density at radius 1 is 1.50 bits per heavy atom. The molecule has 4 heteroatoms. The van der Waals surface area contributed by atoms with E-state index in [0.717, 1.165) is 45.6 Å². The first kappa shape index (κ1) is 11.9. The Balaban J connectivity index is 1.95. The quantitative estimate of drug-likeness (QED) is 0.579. The van der Waals surface area contributed by atoms with Gasteiger partial charge < -0.3 is 20.1 Å². The predicted octanol–water partition coefficient (Wildman–Crippen LogP) is -0.321. The van der Waals surface area contributed by atoms with E-state index < -0.39 is 0 Å². The number of nitrogens with zero attached hydrogens (tertiary/aromatic N) is 1. The van der Waals surface area contributed by atoms with Gasteiger partial charge in [0.2, 0.25) is 0 Å². The SMILES string of the molecule is CN1CCO[C@@H](CNCCCCO)C1. The van der Waals surface area contributed by atoms with Crippen molar-refractivity contribution >= 4 is 0 Å². The minimum Gasteiger partial charge on any atom is -0.396 e. The van der Waals surface area contributed by atoms with Crippen LogP contribution in [0, 0.1) is 0 Å². The second kappa shape index (κ2) is 7.17. The third-order valence-electron chi connectivity index (χ3n) is 2.48. The highest BCUT2D eigenvalue weighted by molar-refractivity contribution is 4.70. The molecule has 1 heterocycles. The summed E-state index contributed by atoms with van der Waals surface area (Å²) in [7, 11) is 2.13. The molecule has 1 saturated heterocycles. The van der Waals surface area contributed by atoms with Crippen LogP contribution in [-0.4, -0.2) is 62.6 Å². The van der Waals surface area contributed by atoms with Gasteiger partial charge in [-0.05, 0) is 26.4 Å². The molecule has 14 heavy (non-hydrogen) atoms. The topological polar surface area (TPSA) is 44.7 Å². The second-order valence-corrected chi connectivity index (χ2v) is 3.89. The first-order valence-electron chi connectivity index (χ1n) is 5.44. The van der Waals surface area contributed by atoms with Crippen molar-refractivity contribution in [2.24, 2.45) is 0 Å². The highest BCUT2D eigenvalue weighted by Crippen LogP contribution is 2.01. The second-order valence-electron chi connectivity index (χ2n) is 3.89. The number of unbranched alkanes of at least 4 members (excludes halogenated alkanes) is 1. The van der Waals surface area contributed by atoms with Crippen LogP contribution in [0.15, 0.2) is 0 Å². The lowest BCUT2D eigenvalue weighted by atomic mass is 10.2. The monoisotopic (exact) mass is 202 g/mol. The van der Waals surface area contributed by atoms with Gasteiger partial charge in [-0.3, -0.25) is 0 Å². The molecular weight excluding hydrogens is 180 g/mol. The number of hydrogen-bond donors (Lipinski definition) is 2. The fourth-order valence-electron chi connectivity index (χ4n) is 1.62. The smallest absolute Gasteiger partial charge is 0.0826 e. The molecule has 0 aromatic carbocycles. The molecule has 2 N–H and O–H groups in total. The molecule has 0 bridgehead atoms. The van der Waals surface area contributed by atoms with Crippen molar-refractivity contribution in [1.82, 2.24) is 10.2 Å². The number of aliphatic hydroxyl groups excluding tert-OH is 1. The predicted molar refractivity (Wildman–Crippen MR) is 56.4 cm³/mol. The minimum absolute atomic E-state index is 0.296. The van der Waals surface area contributed by atoms with Crippen LogP contribution < -0.4 is 5.32 Å². The van der Waals surface area contributed by atoms with Crippen LogP contribution in [-0.2, 0) is 4.74 Å². The maximum Gasteiger partial charge on any atom is 0.0826 e. The summed E-state index contributed by atoms with van der Waals surface area (Å²) in [5, 5.41) is 11.9. The highest BCUT2D eigenvalue weighted by Gasteiger charge is 2.16. The van der Waals surface area contributed by atoms with Gasteiger partial charge in [0.05, 0.1) is 12.7 Å². The van der Waals surface area contributed by atoms with E-state index in [4.69, 9.17) is 9.84 Å². The third-order valence-corrected chi connectivity index (χ3v) is 2.48. The average molecular weight is 202 g/mol. The van der Waals surface area contributed by atoms with E-state index in [2.05, 4.69) is 17.3 Å². The molecule has 0 radical (unpaired) electrons. The average Bonchev–Trinajstić information content (AvgIpc) is 2.18. The Morgan fingerprint density at radius 2 is 2.36 bits per heavy atom. The number of nitrogens with one attached hydrogen (secondary N) is 1.